The Morgan fingerprint density at radius 2 is 2.55 bits per heavy atom. The highest BCUT2D eigenvalue weighted by Gasteiger charge is 2.16. The molecule has 1 unspecified atom stereocenters. The van der Waals surface area contributed by atoms with E-state index in [9.17, 15) is 0 Å². The van der Waals surface area contributed by atoms with Gasteiger partial charge in [-0.3, -0.25) is 0 Å². The minimum Gasteiger partial charge on any atom is -0.445 e. The van der Waals surface area contributed by atoms with Crippen molar-refractivity contribution in [2.75, 3.05) is 0 Å². The van der Waals surface area contributed by atoms with E-state index >= 15 is 0 Å². The first kappa shape index (κ1) is 6.92. The molecule has 0 fully saturated rings. The zero-order valence-electron chi connectivity index (χ0n) is 6.17. The molecule has 1 heterocycles. The molecule has 0 aliphatic heterocycles. The highest BCUT2D eigenvalue weighted by atomic mass is 35.5. The summed E-state index contributed by atoms with van der Waals surface area (Å²) in [6, 6.07) is 0. The second-order valence-corrected chi connectivity index (χ2v) is 3.18. The van der Waals surface area contributed by atoms with E-state index in [1.165, 1.54) is 0 Å². The van der Waals surface area contributed by atoms with Crippen LogP contribution in [0.4, 0.5) is 0 Å². The Labute approximate surface area is 69.9 Å². The van der Waals surface area contributed by atoms with Gasteiger partial charge in [0.05, 0.1) is 5.38 Å². The van der Waals surface area contributed by atoms with Crippen molar-refractivity contribution in [1.82, 2.24) is 4.98 Å². The molecular formula is C8H8ClNO. The number of hydrogen-bond donors (Lipinski definition) is 0. The third-order valence-electron chi connectivity index (χ3n) is 1.68. The molecule has 1 atom stereocenters. The normalized spacial score (nSPS) is 21.8. The predicted molar refractivity (Wildman–Crippen MR) is 43.6 cm³/mol. The molecule has 0 N–H and O–H groups in total. The van der Waals surface area contributed by atoms with Crippen LogP contribution >= 0.6 is 11.6 Å². The van der Waals surface area contributed by atoms with Gasteiger partial charge in [0.15, 0.2) is 5.89 Å². The van der Waals surface area contributed by atoms with Crippen LogP contribution in [-0.2, 0) is 6.42 Å². The van der Waals surface area contributed by atoms with Crippen LogP contribution in [0.15, 0.2) is 10.5 Å². The first-order chi connectivity index (χ1) is 5.25. The smallest absolute Gasteiger partial charge is 0.191 e. The van der Waals surface area contributed by atoms with Crippen molar-refractivity contribution in [2.24, 2.45) is 0 Å². The molecule has 1 aromatic rings. The number of nitrogens with zero attached hydrogens (tertiary/aromatic N) is 1. The van der Waals surface area contributed by atoms with E-state index in [1.54, 1.807) is 0 Å². The number of hydrogen-bond acceptors (Lipinski definition) is 2. The van der Waals surface area contributed by atoms with E-state index in [0.29, 0.717) is 5.89 Å². The molecule has 3 heteroatoms. The summed E-state index contributed by atoms with van der Waals surface area (Å²) >= 11 is 5.88. The zero-order valence-corrected chi connectivity index (χ0v) is 6.93. The maximum atomic E-state index is 5.88. The van der Waals surface area contributed by atoms with Gasteiger partial charge in [0.1, 0.15) is 11.5 Å². The average Bonchev–Trinajstić information content (AvgIpc) is 2.27. The molecule has 1 aliphatic carbocycles. The maximum absolute atomic E-state index is 5.88. The van der Waals surface area contributed by atoms with E-state index in [-0.39, 0.29) is 5.38 Å². The van der Waals surface area contributed by atoms with Crippen LogP contribution in [0.1, 0.15) is 17.3 Å². The molecule has 1 aromatic heterocycles. The van der Waals surface area contributed by atoms with Gasteiger partial charge in [-0.1, -0.05) is 6.08 Å². The van der Waals surface area contributed by atoms with Crippen molar-refractivity contribution in [3.63, 3.8) is 0 Å². The van der Waals surface area contributed by atoms with Crippen LogP contribution in [0.2, 0.25) is 0 Å². The van der Waals surface area contributed by atoms with Gasteiger partial charge in [-0.2, -0.15) is 0 Å². The zero-order chi connectivity index (χ0) is 7.84. The van der Waals surface area contributed by atoms with Gasteiger partial charge >= 0.3 is 0 Å². The number of aryl methyl sites for hydroxylation is 1. The van der Waals surface area contributed by atoms with Crippen molar-refractivity contribution in [1.29, 1.82) is 0 Å². The van der Waals surface area contributed by atoms with E-state index in [2.05, 4.69) is 4.98 Å². The van der Waals surface area contributed by atoms with Crippen molar-refractivity contribution in [2.45, 2.75) is 18.7 Å². The van der Waals surface area contributed by atoms with Gasteiger partial charge in [-0.15, -0.1) is 11.6 Å². The maximum Gasteiger partial charge on any atom is 0.191 e. The summed E-state index contributed by atoms with van der Waals surface area (Å²) in [6.45, 7) is 1.84. The number of allylic oxidation sites excluding steroid dienone is 1. The van der Waals surface area contributed by atoms with E-state index in [4.69, 9.17) is 16.0 Å². The van der Waals surface area contributed by atoms with E-state index < -0.39 is 0 Å². The van der Waals surface area contributed by atoms with Crippen molar-refractivity contribution < 1.29 is 4.42 Å². The Hall–Kier alpha value is -0.760. The Kier molecular flexibility index (Phi) is 1.50. The molecule has 0 spiro atoms. The third-order valence-corrected chi connectivity index (χ3v) is 1.98. The van der Waals surface area contributed by atoms with Gasteiger partial charge in [-0.25, -0.2) is 4.98 Å². The lowest BCUT2D eigenvalue weighted by atomic mass is 10.1. The molecule has 2 nitrogen and oxygen atoms in total. The second kappa shape index (κ2) is 2.38. The Morgan fingerprint density at radius 3 is 3.36 bits per heavy atom. The van der Waals surface area contributed by atoms with Crippen molar-refractivity contribution in [3.05, 3.63) is 23.4 Å². The van der Waals surface area contributed by atoms with Crippen LogP contribution in [-0.4, -0.2) is 10.4 Å². The summed E-state index contributed by atoms with van der Waals surface area (Å²) in [5, 5.41) is 0.0647. The summed E-state index contributed by atoms with van der Waals surface area (Å²) in [5.41, 5.74) is 0.930. The van der Waals surface area contributed by atoms with Crippen LogP contribution in [0.5, 0.6) is 0 Å². The van der Waals surface area contributed by atoms with Gasteiger partial charge in [0.2, 0.25) is 0 Å². The quantitative estimate of drug-likeness (QED) is 0.557. The number of halogens is 1. The highest BCUT2D eigenvalue weighted by molar-refractivity contribution is 6.22. The minimum atomic E-state index is 0.0647. The molecule has 0 saturated heterocycles. The van der Waals surface area contributed by atoms with Gasteiger partial charge in [0.25, 0.3) is 0 Å². The molecule has 11 heavy (non-hydrogen) atoms. The van der Waals surface area contributed by atoms with Crippen LogP contribution in [0.25, 0.3) is 6.08 Å². The highest BCUT2D eigenvalue weighted by Crippen LogP contribution is 2.22. The number of aromatic nitrogens is 1. The first-order valence-corrected chi connectivity index (χ1v) is 3.98. The second-order valence-electron chi connectivity index (χ2n) is 2.62. The molecular weight excluding hydrogens is 162 g/mol. The molecule has 1 aliphatic rings. The van der Waals surface area contributed by atoms with Crippen LogP contribution in [0.3, 0.4) is 0 Å². The van der Waals surface area contributed by atoms with Gasteiger partial charge < -0.3 is 4.42 Å². The molecule has 0 aromatic carbocycles. The largest absolute Gasteiger partial charge is 0.445 e. The number of fused-ring (bicyclic) bond motifs is 1. The van der Waals surface area contributed by atoms with Crippen molar-refractivity contribution >= 4 is 17.7 Å². The number of oxazole rings is 1. The molecule has 2 rings (SSSR count). The van der Waals surface area contributed by atoms with E-state index in [0.717, 1.165) is 17.9 Å². The topological polar surface area (TPSA) is 26.0 Å². The lowest BCUT2D eigenvalue weighted by molar-refractivity contribution is 0.475. The molecule has 0 saturated carbocycles. The third kappa shape index (κ3) is 1.18. The molecule has 0 radical (unpaired) electrons. The van der Waals surface area contributed by atoms with E-state index in [1.807, 2.05) is 19.1 Å². The fourth-order valence-corrected chi connectivity index (χ4v) is 1.42. The summed E-state index contributed by atoms with van der Waals surface area (Å²) < 4.78 is 5.33. The number of alkyl halides is 1. The fraction of sp³-hybridized carbons (Fsp3) is 0.375. The van der Waals surface area contributed by atoms with Gasteiger partial charge in [-0.05, 0) is 6.08 Å². The fourth-order valence-electron chi connectivity index (χ4n) is 1.20. The number of rotatable bonds is 0. The Balaban J connectivity index is 2.44. The SMILES string of the molecule is Cc1nc2c(o1)CC(Cl)C=C2. The average molecular weight is 170 g/mol. The lowest BCUT2D eigenvalue weighted by Gasteiger charge is -2.05. The van der Waals surface area contributed by atoms with Crippen molar-refractivity contribution in [3.8, 4) is 0 Å². The standard InChI is InChI=1S/C8H8ClNO/c1-5-10-7-3-2-6(9)4-8(7)11-5/h2-3,6H,4H2,1H3. The minimum absolute atomic E-state index is 0.0647. The molecule has 58 valence electrons. The summed E-state index contributed by atoms with van der Waals surface area (Å²) in [4.78, 5) is 4.17. The summed E-state index contributed by atoms with van der Waals surface area (Å²) in [6.07, 6.45) is 4.60. The molecule has 0 amide bonds. The predicted octanol–water partition coefficient (Wildman–Crippen LogP) is 2.16. The Bertz CT molecular complexity index is 303. The molecule has 0 bridgehead atoms. The van der Waals surface area contributed by atoms with Crippen LogP contribution < -0.4 is 0 Å². The summed E-state index contributed by atoms with van der Waals surface area (Å²) in [5.74, 6) is 1.62. The Morgan fingerprint density at radius 1 is 1.73 bits per heavy atom. The van der Waals surface area contributed by atoms with Crippen LogP contribution in [0, 0.1) is 6.92 Å². The first-order valence-electron chi connectivity index (χ1n) is 3.54. The summed E-state index contributed by atoms with van der Waals surface area (Å²) in [7, 11) is 0. The lowest BCUT2D eigenvalue weighted by Crippen LogP contribution is -2.03. The van der Waals surface area contributed by atoms with Gasteiger partial charge in [0, 0.05) is 13.3 Å². The monoisotopic (exact) mass is 169 g/mol.